The first-order valence-electron chi connectivity index (χ1n) is 12.5. The van der Waals surface area contributed by atoms with Crippen molar-refractivity contribution in [1.82, 2.24) is 10.2 Å². The minimum absolute atomic E-state index is 0.00641. The molecule has 190 valence electrons. The zero-order valence-electron chi connectivity index (χ0n) is 21.2. The number of hydrogen-bond acceptors (Lipinski definition) is 3. The van der Waals surface area contributed by atoms with E-state index in [-0.39, 0.29) is 24.5 Å². The Kier molecular flexibility index (Phi) is 10.6. The molecule has 0 aliphatic carbocycles. The topological polar surface area (TPSA) is 58.6 Å². The molecule has 0 saturated carbocycles. The van der Waals surface area contributed by atoms with Gasteiger partial charge in [0.1, 0.15) is 11.8 Å². The fourth-order valence-electron chi connectivity index (χ4n) is 3.88. The monoisotopic (exact) mass is 550 g/mol. The average molecular weight is 552 g/mol. The minimum atomic E-state index is -0.682. The van der Waals surface area contributed by atoms with Gasteiger partial charge in [-0.1, -0.05) is 84.4 Å². The fourth-order valence-corrected chi connectivity index (χ4v) is 4.32. The van der Waals surface area contributed by atoms with Gasteiger partial charge in [-0.05, 0) is 60.7 Å². The van der Waals surface area contributed by atoms with Crippen LogP contribution in [-0.2, 0) is 29.0 Å². The summed E-state index contributed by atoms with van der Waals surface area (Å²) >= 11 is 3.52. The van der Waals surface area contributed by atoms with E-state index in [1.54, 1.807) is 4.90 Å². The Morgan fingerprint density at radius 3 is 2.25 bits per heavy atom. The van der Waals surface area contributed by atoms with Crippen molar-refractivity contribution in [3.8, 4) is 5.75 Å². The Labute approximate surface area is 223 Å². The first-order valence-corrected chi connectivity index (χ1v) is 13.3. The van der Waals surface area contributed by atoms with E-state index >= 15 is 0 Å². The number of hydrogen-bond donors (Lipinski definition) is 1. The summed E-state index contributed by atoms with van der Waals surface area (Å²) in [5.41, 5.74) is 3.12. The van der Waals surface area contributed by atoms with Crippen LogP contribution in [0.2, 0.25) is 0 Å². The molecule has 0 radical (unpaired) electrons. The molecule has 0 unspecified atom stereocenters. The van der Waals surface area contributed by atoms with E-state index in [4.69, 9.17) is 4.74 Å². The number of benzene rings is 3. The van der Waals surface area contributed by atoms with Crippen molar-refractivity contribution in [2.45, 2.75) is 58.7 Å². The van der Waals surface area contributed by atoms with Crippen molar-refractivity contribution in [3.63, 3.8) is 0 Å². The highest BCUT2D eigenvalue weighted by molar-refractivity contribution is 9.10. The fraction of sp³-hybridized carbons (Fsp3) is 0.333. The van der Waals surface area contributed by atoms with Crippen molar-refractivity contribution < 1.29 is 14.3 Å². The molecule has 0 saturated heterocycles. The highest BCUT2D eigenvalue weighted by Crippen LogP contribution is 2.19. The summed E-state index contributed by atoms with van der Waals surface area (Å²) in [7, 11) is 0. The molecule has 0 heterocycles. The Bertz CT molecular complexity index is 1120. The number of rotatable bonds is 12. The molecule has 0 aliphatic heterocycles. The molecule has 0 aromatic heterocycles. The molecule has 0 fully saturated rings. The molecule has 3 rings (SSSR count). The predicted octanol–water partition coefficient (Wildman–Crippen LogP) is 5.95. The number of carbonyl (C=O) groups is 2. The van der Waals surface area contributed by atoms with Crippen LogP contribution in [0.25, 0.3) is 0 Å². The van der Waals surface area contributed by atoms with Crippen molar-refractivity contribution in [1.29, 1.82) is 0 Å². The first-order chi connectivity index (χ1) is 17.4. The molecule has 2 atom stereocenters. The average Bonchev–Trinajstić information content (AvgIpc) is 2.90. The van der Waals surface area contributed by atoms with Gasteiger partial charge in [0.2, 0.25) is 5.91 Å². The second-order valence-electron chi connectivity index (χ2n) is 8.96. The molecular weight excluding hydrogens is 516 g/mol. The lowest BCUT2D eigenvalue weighted by Crippen LogP contribution is -2.53. The standard InChI is InChI=1S/C30H35BrN2O3/c1-4-22(3)32-30(35)28(19-24-10-7-6-8-11-24)33(20-25-12-9-13-26(31)18-25)29(34)21-36-27-16-14-23(5-2)15-17-27/h6-18,22,28H,4-5,19-21H2,1-3H3,(H,32,35)/t22-,28-/m1/s1. The molecular formula is C30H35BrN2O3. The second-order valence-corrected chi connectivity index (χ2v) is 9.88. The number of ether oxygens (including phenoxy) is 1. The summed E-state index contributed by atoms with van der Waals surface area (Å²) < 4.78 is 6.78. The molecule has 1 N–H and O–H groups in total. The predicted molar refractivity (Wildman–Crippen MR) is 148 cm³/mol. The van der Waals surface area contributed by atoms with E-state index in [1.165, 1.54) is 5.56 Å². The molecule has 0 spiro atoms. The Morgan fingerprint density at radius 2 is 1.61 bits per heavy atom. The summed E-state index contributed by atoms with van der Waals surface area (Å²) in [4.78, 5) is 28.8. The molecule has 5 nitrogen and oxygen atoms in total. The second kappa shape index (κ2) is 13.8. The third-order valence-corrected chi connectivity index (χ3v) is 6.70. The maximum atomic E-state index is 13.6. The Hall–Kier alpha value is -3.12. The van der Waals surface area contributed by atoms with Gasteiger partial charge in [-0.3, -0.25) is 9.59 Å². The van der Waals surface area contributed by atoms with Crippen LogP contribution in [0.5, 0.6) is 5.75 Å². The molecule has 2 amide bonds. The van der Waals surface area contributed by atoms with E-state index < -0.39 is 6.04 Å². The van der Waals surface area contributed by atoms with Crippen LogP contribution in [0.15, 0.2) is 83.3 Å². The van der Waals surface area contributed by atoms with Crippen LogP contribution in [-0.4, -0.2) is 35.4 Å². The lowest BCUT2D eigenvalue weighted by Gasteiger charge is -2.32. The molecule has 0 bridgehead atoms. The lowest BCUT2D eigenvalue weighted by molar-refractivity contribution is -0.143. The van der Waals surface area contributed by atoms with Gasteiger partial charge in [-0.2, -0.15) is 0 Å². The molecule has 0 aliphatic rings. The number of carbonyl (C=O) groups excluding carboxylic acids is 2. The third-order valence-electron chi connectivity index (χ3n) is 6.21. The van der Waals surface area contributed by atoms with Gasteiger partial charge < -0.3 is 15.0 Å². The number of amides is 2. The quantitative estimate of drug-likeness (QED) is 0.303. The number of nitrogens with zero attached hydrogens (tertiary/aromatic N) is 1. The normalized spacial score (nSPS) is 12.4. The summed E-state index contributed by atoms with van der Waals surface area (Å²) in [5, 5.41) is 3.09. The van der Waals surface area contributed by atoms with Crippen LogP contribution in [0, 0.1) is 0 Å². The van der Waals surface area contributed by atoms with Gasteiger partial charge >= 0.3 is 0 Å². The molecule has 3 aromatic carbocycles. The van der Waals surface area contributed by atoms with Crippen LogP contribution in [0.3, 0.4) is 0 Å². The van der Waals surface area contributed by atoms with Crippen molar-refractivity contribution in [2.75, 3.05) is 6.61 Å². The molecule has 36 heavy (non-hydrogen) atoms. The van der Waals surface area contributed by atoms with Crippen molar-refractivity contribution in [2.24, 2.45) is 0 Å². The lowest BCUT2D eigenvalue weighted by atomic mass is 10.0. The summed E-state index contributed by atoms with van der Waals surface area (Å²) in [6.45, 7) is 6.24. The first kappa shape index (κ1) is 27.5. The molecule has 6 heteroatoms. The molecule has 3 aromatic rings. The smallest absolute Gasteiger partial charge is 0.261 e. The Morgan fingerprint density at radius 1 is 0.917 bits per heavy atom. The maximum absolute atomic E-state index is 13.6. The van der Waals surface area contributed by atoms with Gasteiger partial charge in [0, 0.05) is 23.5 Å². The summed E-state index contributed by atoms with van der Waals surface area (Å²) in [6.07, 6.45) is 2.15. The zero-order chi connectivity index (χ0) is 25.9. The van der Waals surface area contributed by atoms with Crippen LogP contribution < -0.4 is 10.1 Å². The Balaban J connectivity index is 1.89. The van der Waals surface area contributed by atoms with E-state index in [0.717, 1.165) is 28.4 Å². The van der Waals surface area contributed by atoms with Gasteiger partial charge in [0.15, 0.2) is 6.61 Å². The number of halogens is 1. The minimum Gasteiger partial charge on any atom is -0.484 e. The van der Waals surface area contributed by atoms with Gasteiger partial charge in [0.05, 0.1) is 0 Å². The van der Waals surface area contributed by atoms with Gasteiger partial charge in [0.25, 0.3) is 5.91 Å². The van der Waals surface area contributed by atoms with Crippen molar-refractivity contribution >= 4 is 27.7 Å². The van der Waals surface area contributed by atoms with Crippen LogP contribution >= 0.6 is 15.9 Å². The van der Waals surface area contributed by atoms with Crippen LogP contribution in [0.4, 0.5) is 0 Å². The third kappa shape index (κ3) is 8.23. The number of nitrogens with one attached hydrogen (secondary N) is 1. The van der Waals surface area contributed by atoms with E-state index in [1.807, 2.05) is 92.7 Å². The van der Waals surface area contributed by atoms with Gasteiger partial charge in [-0.25, -0.2) is 0 Å². The van der Waals surface area contributed by atoms with Crippen molar-refractivity contribution in [3.05, 3.63) is 100 Å². The highest BCUT2D eigenvalue weighted by Gasteiger charge is 2.31. The van der Waals surface area contributed by atoms with E-state index in [2.05, 4.69) is 28.2 Å². The maximum Gasteiger partial charge on any atom is 0.261 e. The highest BCUT2D eigenvalue weighted by atomic mass is 79.9. The zero-order valence-corrected chi connectivity index (χ0v) is 22.8. The van der Waals surface area contributed by atoms with Crippen LogP contribution in [0.1, 0.15) is 43.9 Å². The summed E-state index contributed by atoms with van der Waals surface area (Å²) in [5.74, 6) is 0.227. The van der Waals surface area contributed by atoms with E-state index in [9.17, 15) is 9.59 Å². The summed E-state index contributed by atoms with van der Waals surface area (Å²) in [6, 6.07) is 24.7. The van der Waals surface area contributed by atoms with Gasteiger partial charge in [-0.15, -0.1) is 0 Å². The SMILES string of the molecule is CCc1ccc(OCC(=O)N(Cc2cccc(Br)c2)[C@H](Cc2ccccc2)C(=O)N[C@H](C)CC)cc1. The number of aryl methyl sites for hydroxylation is 1. The van der Waals surface area contributed by atoms with E-state index in [0.29, 0.717) is 18.7 Å². The largest absolute Gasteiger partial charge is 0.484 e.